The zero-order valence-corrected chi connectivity index (χ0v) is 9.77. The Labute approximate surface area is 98.7 Å². The molecule has 1 aromatic heterocycles. The molecule has 0 saturated heterocycles. The summed E-state index contributed by atoms with van der Waals surface area (Å²) < 4.78 is 5.00. The molecule has 0 aliphatic heterocycles. The Morgan fingerprint density at radius 3 is 3.00 bits per heavy atom. The van der Waals surface area contributed by atoms with Crippen LogP contribution in [0.15, 0.2) is 27.4 Å². The van der Waals surface area contributed by atoms with E-state index in [0.29, 0.717) is 12.1 Å². The third-order valence-corrected chi connectivity index (χ3v) is 2.75. The average molecular weight is 236 g/mol. The van der Waals surface area contributed by atoms with Crippen molar-refractivity contribution in [3.05, 3.63) is 34.3 Å². The third kappa shape index (κ3) is 2.95. The molecule has 5 nitrogen and oxygen atoms in total. The lowest BCUT2D eigenvalue weighted by atomic mass is 10.1. The number of likely N-dealkylation sites (N-methyl/N-ethyl adjacent to an activating group) is 1. The van der Waals surface area contributed by atoms with E-state index in [-0.39, 0.29) is 6.61 Å². The van der Waals surface area contributed by atoms with Crippen LogP contribution >= 0.6 is 0 Å². The van der Waals surface area contributed by atoms with Crippen LogP contribution < -0.4 is 5.76 Å². The Kier molecular flexibility index (Phi) is 3.61. The Bertz CT molecular complexity index is 544. The van der Waals surface area contributed by atoms with Crippen molar-refractivity contribution in [2.45, 2.75) is 6.42 Å². The van der Waals surface area contributed by atoms with Crippen LogP contribution in [0, 0.1) is 0 Å². The van der Waals surface area contributed by atoms with E-state index in [1.165, 1.54) is 0 Å². The molecule has 0 aliphatic carbocycles. The van der Waals surface area contributed by atoms with Crippen LogP contribution in [0.1, 0.15) is 5.56 Å². The predicted molar refractivity (Wildman–Crippen MR) is 65.1 cm³/mol. The van der Waals surface area contributed by atoms with Gasteiger partial charge in [0.25, 0.3) is 0 Å². The number of H-pyrrole nitrogens is 1. The minimum Gasteiger partial charge on any atom is -0.408 e. The van der Waals surface area contributed by atoms with Crippen molar-refractivity contribution in [1.82, 2.24) is 9.88 Å². The number of nitrogens with zero attached hydrogens (tertiary/aromatic N) is 1. The molecular weight excluding hydrogens is 220 g/mol. The van der Waals surface area contributed by atoms with Gasteiger partial charge >= 0.3 is 5.76 Å². The molecule has 0 aliphatic rings. The molecule has 1 aromatic carbocycles. The summed E-state index contributed by atoms with van der Waals surface area (Å²) in [5.41, 5.74) is 2.44. The second kappa shape index (κ2) is 5.16. The molecule has 2 aromatic rings. The highest BCUT2D eigenvalue weighted by atomic mass is 16.4. The summed E-state index contributed by atoms with van der Waals surface area (Å²) in [6, 6.07) is 5.70. The zero-order chi connectivity index (χ0) is 12.3. The number of aliphatic hydroxyl groups excluding tert-OH is 1. The van der Waals surface area contributed by atoms with Crippen molar-refractivity contribution in [3.63, 3.8) is 0 Å². The second-order valence-corrected chi connectivity index (χ2v) is 4.12. The van der Waals surface area contributed by atoms with E-state index in [9.17, 15) is 4.79 Å². The standard InChI is InChI=1S/C12H16N2O3/c1-14(6-7-15)5-4-9-2-3-10-11(8-9)17-12(16)13-10/h2-3,8,15H,4-7H2,1H3,(H,13,16). The first-order chi connectivity index (χ1) is 8.19. The van der Waals surface area contributed by atoms with Crippen molar-refractivity contribution >= 4 is 11.1 Å². The van der Waals surface area contributed by atoms with E-state index in [4.69, 9.17) is 9.52 Å². The summed E-state index contributed by atoms with van der Waals surface area (Å²) in [5, 5.41) is 8.78. The molecule has 0 spiro atoms. The highest BCUT2D eigenvalue weighted by Crippen LogP contribution is 2.12. The molecule has 5 heteroatoms. The van der Waals surface area contributed by atoms with Gasteiger partial charge in [0.05, 0.1) is 12.1 Å². The van der Waals surface area contributed by atoms with Gasteiger partial charge in [-0.1, -0.05) is 6.07 Å². The van der Waals surface area contributed by atoms with Gasteiger partial charge in [-0.15, -0.1) is 0 Å². The Morgan fingerprint density at radius 2 is 2.24 bits per heavy atom. The second-order valence-electron chi connectivity index (χ2n) is 4.12. The van der Waals surface area contributed by atoms with E-state index in [2.05, 4.69) is 9.88 Å². The molecular formula is C12H16N2O3. The van der Waals surface area contributed by atoms with Gasteiger partial charge in [-0.25, -0.2) is 4.79 Å². The normalized spacial score (nSPS) is 11.5. The fraction of sp³-hybridized carbons (Fsp3) is 0.417. The molecule has 0 unspecified atom stereocenters. The van der Waals surface area contributed by atoms with Crippen molar-refractivity contribution in [2.24, 2.45) is 0 Å². The van der Waals surface area contributed by atoms with E-state index in [1.54, 1.807) is 0 Å². The van der Waals surface area contributed by atoms with Gasteiger partial charge in [0, 0.05) is 13.1 Å². The van der Waals surface area contributed by atoms with Crippen LogP contribution in [0.2, 0.25) is 0 Å². The first-order valence-electron chi connectivity index (χ1n) is 5.60. The maximum atomic E-state index is 11.0. The van der Waals surface area contributed by atoms with Gasteiger partial charge in [0.2, 0.25) is 0 Å². The molecule has 1 heterocycles. The SMILES string of the molecule is CN(CCO)CCc1ccc2[nH]c(=O)oc2c1. The van der Waals surface area contributed by atoms with Gasteiger partial charge in [-0.3, -0.25) is 4.98 Å². The zero-order valence-electron chi connectivity index (χ0n) is 9.77. The van der Waals surface area contributed by atoms with Crippen molar-refractivity contribution in [3.8, 4) is 0 Å². The summed E-state index contributed by atoms with van der Waals surface area (Å²) in [5.74, 6) is -0.422. The van der Waals surface area contributed by atoms with Crippen LogP contribution in [0.3, 0.4) is 0 Å². The number of aromatic nitrogens is 1. The highest BCUT2D eigenvalue weighted by Gasteiger charge is 2.03. The summed E-state index contributed by atoms with van der Waals surface area (Å²) in [4.78, 5) is 15.7. The maximum Gasteiger partial charge on any atom is 0.417 e. The smallest absolute Gasteiger partial charge is 0.408 e. The van der Waals surface area contributed by atoms with Crippen molar-refractivity contribution in [2.75, 3.05) is 26.7 Å². The number of rotatable bonds is 5. The quantitative estimate of drug-likeness (QED) is 0.797. The number of benzene rings is 1. The third-order valence-electron chi connectivity index (χ3n) is 2.75. The molecule has 0 fully saturated rings. The highest BCUT2D eigenvalue weighted by molar-refractivity contribution is 5.72. The number of aromatic amines is 1. The number of aliphatic hydroxyl groups is 1. The summed E-state index contributed by atoms with van der Waals surface area (Å²) in [7, 11) is 1.96. The largest absolute Gasteiger partial charge is 0.417 e. The van der Waals surface area contributed by atoms with Crippen LogP contribution in [-0.4, -0.2) is 41.7 Å². The first kappa shape index (κ1) is 11.9. The Hall–Kier alpha value is -1.59. The Balaban J connectivity index is 2.06. The maximum absolute atomic E-state index is 11.0. The molecule has 0 amide bonds. The van der Waals surface area contributed by atoms with E-state index in [1.807, 2.05) is 25.2 Å². The van der Waals surface area contributed by atoms with E-state index >= 15 is 0 Å². The fourth-order valence-corrected chi connectivity index (χ4v) is 1.75. The lowest BCUT2D eigenvalue weighted by Crippen LogP contribution is -2.24. The van der Waals surface area contributed by atoms with Gasteiger partial charge < -0.3 is 14.4 Å². The predicted octanol–water partition coefficient (Wildman–Crippen LogP) is 0.588. The molecule has 92 valence electrons. The fourth-order valence-electron chi connectivity index (χ4n) is 1.75. The lowest BCUT2D eigenvalue weighted by molar-refractivity contribution is 0.223. The molecule has 0 radical (unpaired) electrons. The summed E-state index contributed by atoms with van der Waals surface area (Å²) in [6.45, 7) is 1.70. The van der Waals surface area contributed by atoms with E-state index < -0.39 is 5.76 Å². The average Bonchev–Trinajstić information content (AvgIpc) is 2.66. The van der Waals surface area contributed by atoms with Gasteiger partial charge in [0.15, 0.2) is 5.58 Å². The number of hydrogen-bond donors (Lipinski definition) is 2. The monoisotopic (exact) mass is 236 g/mol. The molecule has 2 N–H and O–H groups in total. The number of nitrogens with one attached hydrogen (secondary N) is 1. The Morgan fingerprint density at radius 1 is 1.41 bits per heavy atom. The molecule has 0 atom stereocenters. The molecule has 2 rings (SSSR count). The van der Waals surface area contributed by atoms with Crippen LogP contribution in [-0.2, 0) is 6.42 Å². The van der Waals surface area contributed by atoms with Gasteiger partial charge in [-0.05, 0) is 31.2 Å². The van der Waals surface area contributed by atoms with Gasteiger partial charge in [0.1, 0.15) is 0 Å². The van der Waals surface area contributed by atoms with Gasteiger partial charge in [-0.2, -0.15) is 0 Å². The van der Waals surface area contributed by atoms with Crippen LogP contribution in [0.4, 0.5) is 0 Å². The topological polar surface area (TPSA) is 69.5 Å². The van der Waals surface area contributed by atoms with E-state index in [0.717, 1.165) is 24.0 Å². The number of hydrogen-bond acceptors (Lipinski definition) is 4. The molecule has 0 bridgehead atoms. The minimum absolute atomic E-state index is 0.169. The number of fused-ring (bicyclic) bond motifs is 1. The van der Waals surface area contributed by atoms with Crippen LogP contribution in [0.25, 0.3) is 11.1 Å². The minimum atomic E-state index is -0.422. The lowest BCUT2D eigenvalue weighted by Gasteiger charge is -2.14. The summed E-state index contributed by atoms with van der Waals surface area (Å²) in [6.07, 6.45) is 0.862. The molecule has 17 heavy (non-hydrogen) atoms. The molecule has 0 saturated carbocycles. The van der Waals surface area contributed by atoms with Crippen molar-refractivity contribution in [1.29, 1.82) is 0 Å². The van der Waals surface area contributed by atoms with Crippen LogP contribution in [0.5, 0.6) is 0 Å². The summed E-state index contributed by atoms with van der Waals surface area (Å²) >= 11 is 0. The first-order valence-corrected chi connectivity index (χ1v) is 5.60. The van der Waals surface area contributed by atoms with Crippen molar-refractivity contribution < 1.29 is 9.52 Å². The number of oxazole rings is 1.